The first-order valence-corrected chi connectivity index (χ1v) is 7.30. The maximum atomic E-state index is 5.99. The lowest BCUT2D eigenvalue weighted by molar-refractivity contribution is 0.311. The quantitative estimate of drug-likeness (QED) is 0.631. The van der Waals surface area contributed by atoms with E-state index in [1.165, 1.54) is 6.20 Å². The average Bonchev–Trinajstić information content (AvgIpc) is 2.51. The highest BCUT2D eigenvalue weighted by Gasteiger charge is 2.04. The van der Waals surface area contributed by atoms with Crippen LogP contribution in [0.5, 0.6) is 11.5 Å². The van der Waals surface area contributed by atoms with E-state index in [0.29, 0.717) is 34.0 Å². The van der Waals surface area contributed by atoms with Gasteiger partial charge in [-0.1, -0.05) is 23.2 Å². The number of pyridine rings is 1. The maximum Gasteiger partial charge on any atom is 0.165 e. The summed E-state index contributed by atoms with van der Waals surface area (Å²) in [5.41, 5.74) is 3.61. The molecule has 2 rings (SSSR count). The van der Waals surface area contributed by atoms with Gasteiger partial charge < -0.3 is 9.47 Å². The summed E-state index contributed by atoms with van der Waals surface area (Å²) in [6, 6.07) is 7.12. The Balaban J connectivity index is 2.09. The number of hydrogen-bond acceptors (Lipinski definition) is 5. The van der Waals surface area contributed by atoms with Gasteiger partial charge in [0.25, 0.3) is 0 Å². The molecular weight excluding hydrogens is 325 g/mol. The molecular formula is C15H15Cl2N3O2. The third-order valence-electron chi connectivity index (χ3n) is 2.68. The normalized spacial score (nSPS) is 10.7. The number of nitrogens with one attached hydrogen (secondary N) is 1. The molecule has 1 aromatic carbocycles. The van der Waals surface area contributed by atoms with E-state index in [0.717, 1.165) is 5.56 Å². The molecule has 7 heteroatoms. The second kappa shape index (κ2) is 7.87. The van der Waals surface area contributed by atoms with Gasteiger partial charge >= 0.3 is 0 Å². The Bertz CT molecular complexity index is 678. The number of benzene rings is 1. The van der Waals surface area contributed by atoms with E-state index in [9.17, 15) is 0 Å². The Kier molecular flexibility index (Phi) is 5.86. The first kappa shape index (κ1) is 16.4. The molecule has 2 aromatic rings. The molecule has 0 aliphatic rings. The molecule has 116 valence electrons. The van der Waals surface area contributed by atoms with Gasteiger partial charge in [0.1, 0.15) is 0 Å². The van der Waals surface area contributed by atoms with Crippen molar-refractivity contribution in [3.63, 3.8) is 0 Å². The van der Waals surface area contributed by atoms with Crippen LogP contribution < -0.4 is 14.9 Å². The van der Waals surface area contributed by atoms with Crippen molar-refractivity contribution < 1.29 is 9.47 Å². The zero-order valence-electron chi connectivity index (χ0n) is 12.1. The fraction of sp³-hybridized carbons (Fsp3) is 0.200. The fourth-order valence-electron chi connectivity index (χ4n) is 1.70. The highest BCUT2D eigenvalue weighted by Crippen LogP contribution is 2.27. The molecule has 0 saturated carbocycles. The Hall–Kier alpha value is -1.98. The predicted molar refractivity (Wildman–Crippen MR) is 89.6 cm³/mol. The van der Waals surface area contributed by atoms with Crippen LogP contribution in [0.1, 0.15) is 12.5 Å². The molecule has 0 radical (unpaired) electrons. The molecule has 0 spiro atoms. The molecule has 22 heavy (non-hydrogen) atoms. The van der Waals surface area contributed by atoms with Crippen LogP contribution in [-0.2, 0) is 0 Å². The van der Waals surface area contributed by atoms with Gasteiger partial charge in [-0.15, -0.1) is 0 Å². The van der Waals surface area contributed by atoms with Gasteiger partial charge in [-0.05, 0) is 36.8 Å². The maximum absolute atomic E-state index is 5.99. The zero-order valence-corrected chi connectivity index (χ0v) is 13.6. The number of methoxy groups -OCH3 is 1. The van der Waals surface area contributed by atoms with Crippen molar-refractivity contribution in [2.24, 2.45) is 5.10 Å². The van der Waals surface area contributed by atoms with Crippen LogP contribution in [0, 0.1) is 0 Å². The minimum Gasteiger partial charge on any atom is -0.493 e. The van der Waals surface area contributed by atoms with Crippen LogP contribution in [0.4, 0.5) is 5.82 Å². The number of hydrogen-bond donors (Lipinski definition) is 1. The van der Waals surface area contributed by atoms with E-state index < -0.39 is 0 Å². The van der Waals surface area contributed by atoms with Crippen molar-refractivity contribution in [2.45, 2.75) is 6.92 Å². The minimum atomic E-state index is 0.397. The monoisotopic (exact) mass is 339 g/mol. The van der Waals surface area contributed by atoms with Crippen molar-refractivity contribution in [2.75, 3.05) is 19.1 Å². The topological polar surface area (TPSA) is 55.7 Å². The second-order valence-electron chi connectivity index (χ2n) is 4.20. The Morgan fingerprint density at radius 3 is 2.77 bits per heavy atom. The second-order valence-corrected chi connectivity index (χ2v) is 5.04. The smallest absolute Gasteiger partial charge is 0.165 e. The highest BCUT2D eigenvalue weighted by molar-refractivity contribution is 6.35. The van der Waals surface area contributed by atoms with Crippen molar-refractivity contribution in [3.8, 4) is 11.5 Å². The molecule has 0 aliphatic carbocycles. The molecule has 0 atom stereocenters. The number of nitrogens with zero attached hydrogens (tertiary/aromatic N) is 2. The van der Waals surface area contributed by atoms with Crippen LogP contribution in [0.25, 0.3) is 0 Å². The van der Waals surface area contributed by atoms with Crippen molar-refractivity contribution in [1.82, 2.24) is 4.98 Å². The summed E-state index contributed by atoms with van der Waals surface area (Å²) in [5.74, 6) is 1.77. The molecule has 1 N–H and O–H groups in total. The number of ether oxygens (including phenoxy) is 2. The van der Waals surface area contributed by atoms with Crippen LogP contribution in [0.2, 0.25) is 10.0 Å². The van der Waals surface area contributed by atoms with Gasteiger partial charge in [-0.3, -0.25) is 5.43 Å². The van der Waals surface area contributed by atoms with Crippen LogP contribution in [0.15, 0.2) is 35.6 Å². The minimum absolute atomic E-state index is 0.397. The number of halogens is 2. The van der Waals surface area contributed by atoms with E-state index in [1.54, 1.807) is 19.4 Å². The molecule has 0 amide bonds. The molecule has 0 aliphatic heterocycles. The number of hydrazone groups is 1. The molecule has 0 bridgehead atoms. The summed E-state index contributed by atoms with van der Waals surface area (Å²) < 4.78 is 10.7. The van der Waals surface area contributed by atoms with E-state index in [2.05, 4.69) is 15.5 Å². The van der Waals surface area contributed by atoms with Gasteiger partial charge in [0.05, 0.1) is 30.0 Å². The predicted octanol–water partition coefficient (Wildman–Crippen LogP) is 4.24. The third kappa shape index (κ3) is 4.26. The lowest BCUT2D eigenvalue weighted by atomic mass is 10.2. The largest absolute Gasteiger partial charge is 0.493 e. The summed E-state index contributed by atoms with van der Waals surface area (Å²) in [6.07, 6.45) is 3.12. The zero-order chi connectivity index (χ0) is 15.9. The molecule has 1 heterocycles. The van der Waals surface area contributed by atoms with Gasteiger partial charge in [0.2, 0.25) is 0 Å². The van der Waals surface area contributed by atoms with Gasteiger partial charge in [-0.2, -0.15) is 5.10 Å². The SMILES string of the molecule is CCOc1ccc(/C=N\Nc2ncc(Cl)cc2Cl)cc1OC. The Morgan fingerprint density at radius 2 is 2.09 bits per heavy atom. The van der Waals surface area contributed by atoms with Crippen molar-refractivity contribution in [1.29, 1.82) is 0 Å². The van der Waals surface area contributed by atoms with E-state index in [-0.39, 0.29) is 0 Å². The molecule has 0 fully saturated rings. The van der Waals surface area contributed by atoms with E-state index >= 15 is 0 Å². The highest BCUT2D eigenvalue weighted by atomic mass is 35.5. The van der Waals surface area contributed by atoms with E-state index in [4.69, 9.17) is 32.7 Å². The molecule has 0 saturated heterocycles. The van der Waals surface area contributed by atoms with Gasteiger partial charge in [0, 0.05) is 6.20 Å². The summed E-state index contributed by atoms with van der Waals surface area (Å²) in [7, 11) is 1.59. The molecule has 0 unspecified atom stereocenters. The lowest BCUT2D eigenvalue weighted by Crippen LogP contribution is -1.97. The number of rotatable bonds is 6. The van der Waals surface area contributed by atoms with Gasteiger partial charge in [0.15, 0.2) is 17.3 Å². The standard InChI is InChI=1S/C15H15Cl2N3O2/c1-3-22-13-5-4-10(6-14(13)21-2)8-19-20-15-12(17)7-11(16)9-18-15/h4-9H,3H2,1-2H3,(H,18,20)/b19-8-. The summed E-state index contributed by atoms with van der Waals surface area (Å²) in [5, 5.41) is 4.96. The lowest BCUT2D eigenvalue weighted by Gasteiger charge is -2.09. The summed E-state index contributed by atoms with van der Waals surface area (Å²) in [6.45, 7) is 2.49. The Morgan fingerprint density at radius 1 is 1.27 bits per heavy atom. The van der Waals surface area contributed by atoms with Crippen LogP contribution >= 0.6 is 23.2 Å². The first-order chi connectivity index (χ1) is 10.6. The summed E-state index contributed by atoms with van der Waals surface area (Å²) in [4.78, 5) is 4.05. The third-order valence-corrected chi connectivity index (χ3v) is 3.17. The fourth-order valence-corrected chi connectivity index (χ4v) is 2.13. The number of anilines is 1. The van der Waals surface area contributed by atoms with Gasteiger partial charge in [-0.25, -0.2) is 4.98 Å². The first-order valence-electron chi connectivity index (χ1n) is 6.55. The van der Waals surface area contributed by atoms with Crippen LogP contribution in [0.3, 0.4) is 0 Å². The van der Waals surface area contributed by atoms with Crippen molar-refractivity contribution in [3.05, 3.63) is 46.1 Å². The Labute approximate surface area is 138 Å². The summed E-state index contributed by atoms with van der Waals surface area (Å²) >= 11 is 11.8. The van der Waals surface area contributed by atoms with Crippen molar-refractivity contribution >= 4 is 35.2 Å². The van der Waals surface area contributed by atoms with Crippen LogP contribution in [-0.4, -0.2) is 24.9 Å². The number of aromatic nitrogens is 1. The molecule has 5 nitrogen and oxygen atoms in total. The van der Waals surface area contributed by atoms with E-state index in [1.807, 2.05) is 25.1 Å². The average molecular weight is 340 g/mol. The molecule has 1 aromatic heterocycles.